The fraction of sp³-hybridized carbons (Fsp3) is 0.467. The molecular weight excluding hydrogens is 290 g/mol. The lowest BCUT2D eigenvalue weighted by molar-refractivity contribution is 0.255. The highest BCUT2D eigenvalue weighted by Gasteiger charge is 2.44. The Labute approximate surface area is 115 Å². The van der Waals surface area contributed by atoms with Crippen LogP contribution in [-0.2, 0) is 18.4 Å². The summed E-state index contributed by atoms with van der Waals surface area (Å²) in [6.45, 7) is 1.41. The number of nitrogens with zero attached hydrogens (tertiary/aromatic N) is 1. The summed E-state index contributed by atoms with van der Waals surface area (Å²) in [5.41, 5.74) is 4.27. The van der Waals surface area contributed by atoms with Crippen LogP contribution in [0.5, 0.6) is 0 Å². The number of benzene rings is 1. The molecule has 1 N–H and O–H groups in total. The molecule has 0 saturated heterocycles. The second-order valence-electron chi connectivity index (χ2n) is 5.74. The molecule has 2 aromatic rings. The van der Waals surface area contributed by atoms with Gasteiger partial charge in [-0.05, 0) is 58.8 Å². The molecule has 1 aromatic carbocycles. The van der Waals surface area contributed by atoms with Crippen LogP contribution in [0.1, 0.15) is 30.4 Å². The number of rotatable bonds is 2. The maximum absolute atomic E-state index is 9.62. The molecule has 94 valence electrons. The molecule has 2 nitrogen and oxygen atoms in total. The van der Waals surface area contributed by atoms with E-state index in [0.717, 1.165) is 19.4 Å². The van der Waals surface area contributed by atoms with Gasteiger partial charge in [-0.3, -0.25) is 0 Å². The predicted molar refractivity (Wildman–Crippen MR) is 76.0 cm³/mol. The molecule has 1 aliphatic heterocycles. The summed E-state index contributed by atoms with van der Waals surface area (Å²) >= 11 is 3.68. The van der Waals surface area contributed by atoms with Gasteiger partial charge in [-0.2, -0.15) is 0 Å². The molecule has 4 rings (SSSR count). The van der Waals surface area contributed by atoms with Crippen molar-refractivity contribution in [3.05, 3.63) is 33.9 Å². The van der Waals surface area contributed by atoms with Crippen LogP contribution in [0.2, 0.25) is 0 Å². The standard InChI is InChI=1S/C15H16BrNO/c16-13-8-17-5-1-2-10-6-11(7-12(13)14(10)17)15(9-18)3-4-15/h6-8,18H,1-5,9H2. The third-order valence-corrected chi connectivity index (χ3v) is 5.25. The first-order valence-electron chi connectivity index (χ1n) is 6.66. The van der Waals surface area contributed by atoms with E-state index in [4.69, 9.17) is 0 Å². The number of aromatic nitrogens is 1. The van der Waals surface area contributed by atoms with E-state index in [-0.39, 0.29) is 12.0 Å². The van der Waals surface area contributed by atoms with Crippen molar-refractivity contribution in [1.29, 1.82) is 0 Å². The number of aryl methyl sites for hydroxylation is 2. The van der Waals surface area contributed by atoms with Crippen molar-refractivity contribution in [3.8, 4) is 0 Å². The molecule has 2 aliphatic rings. The average Bonchev–Trinajstić information content (AvgIpc) is 3.12. The predicted octanol–water partition coefficient (Wildman–Crippen LogP) is 3.37. The summed E-state index contributed by atoms with van der Waals surface area (Å²) in [7, 11) is 0. The maximum Gasteiger partial charge on any atom is 0.0527 e. The van der Waals surface area contributed by atoms with Crippen molar-refractivity contribution in [2.45, 2.75) is 37.6 Å². The molecule has 1 saturated carbocycles. The SMILES string of the molecule is OCC1(c2cc3c4c(c2)c(Br)cn4CCC3)CC1. The van der Waals surface area contributed by atoms with Crippen LogP contribution in [0.3, 0.4) is 0 Å². The monoisotopic (exact) mass is 305 g/mol. The van der Waals surface area contributed by atoms with E-state index in [1.54, 1.807) is 0 Å². The van der Waals surface area contributed by atoms with E-state index in [9.17, 15) is 5.11 Å². The van der Waals surface area contributed by atoms with E-state index in [2.05, 4.69) is 38.8 Å². The molecule has 1 aromatic heterocycles. The first-order valence-corrected chi connectivity index (χ1v) is 7.45. The Balaban J connectivity index is 2.01. The number of aliphatic hydroxyl groups is 1. The van der Waals surface area contributed by atoms with Gasteiger partial charge in [-0.25, -0.2) is 0 Å². The summed E-state index contributed by atoms with van der Waals surface area (Å²) < 4.78 is 3.55. The van der Waals surface area contributed by atoms with Crippen LogP contribution < -0.4 is 0 Å². The highest BCUT2D eigenvalue weighted by molar-refractivity contribution is 9.10. The summed E-state index contributed by atoms with van der Waals surface area (Å²) in [6.07, 6.45) is 6.86. The van der Waals surface area contributed by atoms with Crippen LogP contribution in [0, 0.1) is 0 Å². The first kappa shape index (κ1) is 11.1. The lowest BCUT2D eigenvalue weighted by Crippen LogP contribution is -2.14. The highest BCUT2D eigenvalue weighted by Crippen LogP contribution is 2.49. The van der Waals surface area contributed by atoms with Gasteiger partial charge < -0.3 is 9.67 Å². The number of aliphatic hydroxyl groups excluding tert-OH is 1. The summed E-state index contributed by atoms with van der Waals surface area (Å²) in [5, 5.41) is 10.9. The minimum absolute atomic E-state index is 0.0731. The zero-order chi connectivity index (χ0) is 12.3. The van der Waals surface area contributed by atoms with Gasteiger partial charge in [0.2, 0.25) is 0 Å². The van der Waals surface area contributed by atoms with Crippen molar-refractivity contribution >= 4 is 26.8 Å². The number of hydrogen-bond donors (Lipinski definition) is 1. The Morgan fingerprint density at radius 2 is 2.17 bits per heavy atom. The van der Waals surface area contributed by atoms with Gasteiger partial charge in [0, 0.05) is 28.0 Å². The molecular formula is C15H16BrNO. The fourth-order valence-electron chi connectivity index (χ4n) is 3.29. The fourth-order valence-corrected chi connectivity index (χ4v) is 3.84. The zero-order valence-corrected chi connectivity index (χ0v) is 11.8. The van der Waals surface area contributed by atoms with Crippen molar-refractivity contribution in [2.75, 3.05) is 6.61 Å². The van der Waals surface area contributed by atoms with Crippen molar-refractivity contribution in [3.63, 3.8) is 0 Å². The molecule has 0 radical (unpaired) electrons. The van der Waals surface area contributed by atoms with Crippen molar-refractivity contribution < 1.29 is 5.11 Å². The summed E-state index contributed by atoms with van der Waals surface area (Å²) in [4.78, 5) is 0. The highest BCUT2D eigenvalue weighted by atomic mass is 79.9. The van der Waals surface area contributed by atoms with E-state index in [1.165, 1.54) is 39.3 Å². The normalized spacial score (nSPS) is 20.3. The van der Waals surface area contributed by atoms with Gasteiger partial charge in [0.25, 0.3) is 0 Å². The minimum atomic E-state index is 0.0731. The lowest BCUT2D eigenvalue weighted by Gasteiger charge is -2.19. The number of halogens is 1. The Morgan fingerprint density at radius 3 is 2.89 bits per heavy atom. The molecule has 3 heteroatoms. The molecule has 18 heavy (non-hydrogen) atoms. The quantitative estimate of drug-likeness (QED) is 0.904. The molecule has 0 amide bonds. The molecule has 0 unspecified atom stereocenters. The third-order valence-electron chi connectivity index (χ3n) is 4.62. The van der Waals surface area contributed by atoms with Gasteiger partial charge in [0.05, 0.1) is 12.1 Å². The molecule has 0 bridgehead atoms. The van der Waals surface area contributed by atoms with Gasteiger partial charge in [0.1, 0.15) is 0 Å². The molecule has 1 aliphatic carbocycles. The van der Waals surface area contributed by atoms with E-state index in [0.29, 0.717) is 0 Å². The minimum Gasteiger partial charge on any atom is -0.395 e. The maximum atomic E-state index is 9.62. The Hall–Kier alpha value is -0.800. The van der Waals surface area contributed by atoms with E-state index in [1.807, 2.05) is 0 Å². The van der Waals surface area contributed by atoms with E-state index < -0.39 is 0 Å². The van der Waals surface area contributed by atoms with E-state index >= 15 is 0 Å². The second-order valence-corrected chi connectivity index (χ2v) is 6.60. The van der Waals surface area contributed by atoms with Crippen LogP contribution in [0.15, 0.2) is 22.8 Å². The summed E-state index contributed by atoms with van der Waals surface area (Å²) in [5.74, 6) is 0. The van der Waals surface area contributed by atoms with Crippen molar-refractivity contribution in [1.82, 2.24) is 4.57 Å². The van der Waals surface area contributed by atoms with Crippen LogP contribution >= 0.6 is 15.9 Å². The van der Waals surface area contributed by atoms with Gasteiger partial charge in [-0.1, -0.05) is 6.07 Å². The largest absolute Gasteiger partial charge is 0.395 e. The zero-order valence-electron chi connectivity index (χ0n) is 10.2. The smallest absolute Gasteiger partial charge is 0.0527 e. The second kappa shape index (κ2) is 3.61. The molecule has 0 spiro atoms. The molecule has 2 heterocycles. The van der Waals surface area contributed by atoms with Crippen LogP contribution in [0.4, 0.5) is 0 Å². The van der Waals surface area contributed by atoms with Gasteiger partial charge in [0.15, 0.2) is 0 Å². The molecule has 0 atom stereocenters. The lowest BCUT2D eigenvalue weighted by atomic mass is 9.91. The van der Waals surface area contributed by atoms with Gasteiger partial charge >= 0.3 is 0 Å². The Morgan fingerprint density at radius 1 is 1.33 bits per heavy atom. The Kier molecular flexibility index (Phi) is 2.22. The average molecular weight is 306 g/mol. The topological polar surface area (TPSA) is 25.2 Å². The van der Waals surface area contributed by atoms with Crippen molar-refractivity contribution in [2.24, 2.45) is 0 Å². The number of hydrogen-bond acceptors (Lipinski definition) is 1. The molecule has 1 fully saturated rings. The first-order chi connectivity index (χ1) is 8.73. The van der Waals surface area contributed by atoms with Gasteiger partial charge in [-0.15, -0.1) is 0 Å². The van der Waals surface area contributed by atoms with Crippen LogP contribution in [0.25, 0.3) is 10.9 Å². The summed E-state index contributed by atoms with van der Waals surface area (Å²) in [6, 6.07) is 4.63. The Bertz CT molecular complexity index is 639. The van der Waals surface area contributed by atoms with Crippen LogP contribution in [-0.4, -0.2) is 16.3 Å². The third kappa shape index (κ3) is 1.38.